The molecule has 2 heterocycles. The second-order valence-corrected chi connectivity index (χ2v) is 7.43. The van der Waals surface area contributed by atoms with E-state index in [1.807, 2.05) is 13.0 Å². The fraction of sp³-hybridized carbons (Fsp3) is 0.571. The number of benzene rings is 1. The van der Waals surface area contributed by atoms with Gasteiger partial charge in [-0.1, -0.05) is 6.07 Å². The Hall–Kier alpha value is -1.11. The molecule has 0 saturated carbocycles. The van der Waals surface area contributed by atoms with E-state index in [2.05, 4.69) is 10.0 Å². The van der Waals surface area contributed by atoms with Crippen molar-refractivity contribution >= 4 is 15.7 Å². The molecule has 5 nitrogen and oxygen atoms in total. The summed E-state index contributed by atoms with van der Waals surface area (Å²) >= 11 is 0. The molecule has 0 amide bonds. The molecule has 0 aliphatic carbocycles. The summed E-state index contributed by atoms with van der Waals surface area (Å²) in [5, 5.41) is 3.26. The van der Waals surface area contributed by atoms with Gasteiger partial charge in [-0.2, -0.15) is 0 Å². The predicted molar refractivity (Wildman–Crippen MR) is 77.4 cm³/mol. The molecule has 1 saturated heterocycles. The molecule has 1 fully saturated rings. The SMILES string of the molecule is CC1(NS(=O)(=O)c2cccc3c2CCCN3)CCOC1. The molecule has 0 radical (unpaired) electrons. The molecule has 1 unspecified atom stereocenters. The van der Waals surface area contributed by atoms with Gasteiger partial charge in [0.15, 0.2) is 0 Å². The van der Waals surface area contributed by atoms with Crippen molar-refractivity contribution in [3.8, 4) is 0 Å². The second-order valence-electron chi connectivity index (χ2n) is 5.78. The highest BCUT2D eigenvalue weighted by molar-refractivity contribution is 7.89. The summed E-state index contributed by atoms with van der Waals surface area (Å²) in [7, 11) is -3.51. The van der Waals surface area contributed by atoms with E-state index < -0.39 is 15.6 Å². The highest BCUT2D eigenvalue weighted by Gasteiger charge is 2.35. The first-order chi connectivity index (χ1) is 9.50. The smallest absolute Gasteiger partial charge is 0.241 e. The third-order valence-electron chi connectivity index (χ3n) is 3.94. The van der Waals surface area contributed by atoms with Gasteiger partial charge in [-0.05, 0) is 43.9 Å². The van der Waals surface area contributed by atoms with Crippen LogP contribution in [0.5, 0.6) is 0 Å². The maximum Gasteiger partial charge on any atom is 0.241 e. The summed E-state index contributed by atoms with van der Waals surface area (Å²) in [6.45, 7) is 3.83. The fourth-order valence-corrected chi connectivity index (χ4v) is 4.57. The number of nitrogens with one attached hydrogen (secondary N) is 2. The Labute approximate surface area is 119 Å². The molecule has 0 aromatic heterocycles. The van der Waals surface area contributed by atoms with Gasteiger partial charge in [-0.15, -0.1) is 0 Å². The van der Waals surface area contributed by atoms with Crippen molar-refractivity contribution in [2.24, 2.45) is 0 Å². The lowest BCUT2D eigenvalue weighted by atomic mass is 10.0. The van der Waals surface area contributed by atoms with Crippen molar-refractivity contribution in [2.75, 3.05) is 25.1 Å². The van der Waals surface area contributed by atoms with Crippen molar-refractivity contribution in [1.29, 1.82) is 0 Å². The summed E-state index contributed by atoms with van der Waals surface area (Å²) in [4.78, 5) is 0.398. The summed E-state index contributed by atoms with van der Waals surface area (Å²) in [5.74, 6) is 0. The molecule has 1 aromatic carbocycles. The van der Waals surface area contributed by atoms with E-state index >= 15 is 0 Å². The monoisotopic (exact) mass is 296 g/mol. The zero-order valence-corrected chi connectivity index (χ0v) is 12.4. The van der Waals surface area contributed by atoms with Crippen molar-refractivity contribution < 1.29 is 13.2 Å². The molecule has 3 rings (SSSR count). The van der Waals surface area contributed by atoms with Crippen LogP contribution in [0.1, 0.15) is 25.3 Å². The van der Waals surface area contributed by atoms with E-state index in [4.69, 9.17) is 4.74 Å². The number of ether oxygens (including phenoxy) is 1. The number of hydrogen-bond acceptors (Lipinski definition) is 4. The Kier molecular flexibility index (Phi) is 3.48. The summed E-state index contributed by atoms with van der Waals surface area (Å²) in [5.41, 5.74) is 1.34. The standard InChI is InChI=1S/C14H20N2O3S/c1-14(7-9-19-10-14)16-20(17,18)13-6-2-5-12-11(13)4-3-8-15-12/h2,5-6,15-16H,3-4,7-10H2,1H3. The second kappa shape index (κ2) is 5.02. The van der Waals surface area contributed by atoms with Crippen molar-refractivity contribution in [3.63, 3.8) is 0 Å². The van der Waals surface area contributed by atoms with E-state index in [0.717, 1.165) is 30.6 Å². The molecular formula is C14H20N2O3S. The third-order valence-corrected chi connectivity index (χ3v) is 5.66. The van der Waals surface area contributed by atoms with Gasteiger partial charge in [0.05, 0.1) is 17.0 Å². The highest BCUT2D eigenvalue weighted by Crippen LogP contribution is 2.30. The molecule has 2 N–H and O–H groups in total. The number of rotatable bonds is 3. The minimum Gasteiger partial charge on any atom is -0.385 e. The third kappa shape index (κ3) is 2.55. The first kappa shape index (κ1) is 13.9. The molecule has 0 spiro atoms. The van der Waals surface area contributed by atoms with Crippen LogP contribution in [0.25, 0.3) is 0 Å². The number of hydrogen-bond donors (Lipinski definition) is 2. The quantitative estimate of drug-likeness (QED) is 0.887. The van der Waals surface area contributed by atoms with Crippen molar-refractivity contribution in [1.82, 2.24) is 4.72 Å². The molecule has 110 valence electrons. The van der Waals surface area contributed by atoms with Crippen LogP contribution < -0.4 is 10.0 Å². The van der Waals surface area contributed by atoms with Crippen LogP contribution in [0.15, 0.2) is 23.1 Å². The first-order valence-corrected chi connectivity index (χ1v) is 8.46. The van der Waals surface area contributed by atoms with E-state index in [1.54, 1.807) is 12.1 Å². The zero-order chi connectivity index (χ0) is 14.2. The Balaban J connectivity index is 1.95. The van der Waals surface area contributed by atoms with Gasteiger partial charge in [-0.3, -0.25) is 0 Å². The topological polar surface area (TPSA) is 67.4 Å². The number of anilines is 1. The fourth-order valence-electron chi connectivity index (χ4n) is 2.86. The number of fused-ring (bicyclic) bond motifs is 1. The summed E-state index contributed by atoms with van der Waals surface area (Å²) in [6, 6.07) is 5.42. The maximum absolute atomic E-state index is 12.7. The molecule has 1 atom stereocenters. The first-order valence-electron chi connectivity index (χ1n) is 6.98. The Bertz CT molecular complexity index is 607. The molecular weight excluding hydrogens is 276 g/mol. The predicted octanol–water partition coefficient (Wildman–Crippen LogP) is 1.50. The van der Waals surface area contributed by atoms with Gasteiger partial charge in [0.1, 0.15) is 0 Å². The van der Waals surface area contributed by atoms with E-state index in [1.165, 1.54) is 0 Å². The van der Waals surface area contributed by atoms with Crippen LogP contribution >= 0.6 is 0 Å². The van der Waals surface area contributed by atoms with Crippen molar-refractivity contribution in [2.45, 2.75) is 36.6 Å². The van der Waals surface area contributed by atoms with Gasteiger partial charge in [-0.25, -0.2) is 13.1 Å². The lowest BCUT2D eigenvalue weighted by molar-refractivity contribution is 0.178. The normalized spacial score (nSPS) is 26.1. The van der Waals surface area contributed by atoms with E-state index in [9.17, 15) is 8.42 Å². The van der Waals surface area contributed by atoms with Crippen LogP contribution in [-0.4, -0.2) is 33.7 Å². The Morgan fingerprint density at radius 3 is 3.00 bits per heavy atom. The van der Waals surface area contributed by atoms with Crippen LogP contribution in [-0.2, 0) is 21.2 Å². The van der Waals surface area contributed by atoms with Gasteiger partial charge < -0.3 is 10.1 Å². The van der Waals surface area contributed by atoms with Crippen LogP contribution in [0.3, 0.4) is 0 Å². The van der Waals surface area contributed by atoms with Gasteiger partial charge in [0.25, 0.3) is 0 Å². The Morgan fingerprint density at radius 1 is 1.40 bits per heavy atom. The van der Waals surface area contributed by atoms with E-state index in [0.29, 0.717) is 24.5 Å². The molecule has 6 heteroatoms. The summed E-state index contributed by atoms with van der Waals surface area (Å²) < 4.78 is 33.5. The lowest BCUT2D eigenvalue weighted by Gasteiger charge is -2.26. The Morgan fingerprint density at radius 2 is 2.25 bits per heavy atom. The molecule has 0 bridgehead atoms. The molecule has 20 heavy (non-hydrogen) atoms. The summed E-state index contributed by atoms with van der Waals surface area (Å²) in [6.07, 6.45) is 2.46. The van der Waals surface area contributed by atoms with Gasteiger partial charge in [0.2, 0.25) is 10.0 Å². The van der Waals surface area contributed by atoms with Crippen molar-refractivity contribution in [3.05, 3.63) is 23.8 Å². The average Bonchev–Trinajstić information content (AvgIpc) is 2.83. The minimum absolute atomic E-state index is 0.398. The molecule has 2 aliphatic rings. The van der Waals surface area contributed by atoms with Crippen LogP contribution in [0.2, 0.25) is 0 Å². The van der Waals surface area contributed by atoms with E-state index in [-0.39, 0.29) is 0 Å². The minimum atomic E-state index is -3.51. The lowest BCUT2D eigenvalue weighted by Crippen LogP contribution is -2.46. The van der Waals surface area contributed by atoms with Gasteiger partial charge in [0, 0.05) is 18.8 Å². The highest BCUT2D eigenvalue weighted by atomic mass is 32.2. The largest absolute Gasteiger partial charge is 0.385 e. The number of sulfonamides is 1. The van der Waals surface area contributed by atoms with Crippen LogP contribution in [0, 0.1) is 0 Å². The molecule has 2 aliphatic heterocycles. The van der Waals surface area contributed by atoms with Crippen LogP contribution in [0.4, 0.5) is 5.69 Å². The molecule has 1 aromatic rings. The maximum atomic E-state index is 12.7. The zero-order valence-electron chi connectivity index (χ0n) is 11.6. The average molecular weight is 296 g/mol. The van der Waals surface area contributed by atoms with Gasteiger partial charge >= 0.3 is 0 Å².